The van der Waals surface area contributed by atoms with Crippen molar-refractivity contribution in [2.45, 2.75) is 46.5 Å². The minimum absolute atomic E-state index is 0.509. The third kappa shape index (κ3) is 4.59. The number of nitrogens with one attached hydrogen (secondary N) is 1. The second kappa shape index (κ2) is 5.71. The standard InChI is InChI=1S/C15H30N2/c1-15(2,3)10-14-6-9-17(12-14)11-13-4-7-16-8-5-13/h13-14,16H,4-12H2,1-3H3. The fourth-order valence-electron chi connectivity index (χ4n) is 3.54. The number of piperidine rings is 1. The van der Waals surface area contributed by atoms with Crippen molar-refractivity contribution in [1.82, 2.24) is 10.2 Å². The van der Waals surface area contributed by atoms with Gasteiger partial charge >= 0.3 is 0 Å². The molecule has 1 unspecified atom stereocenters. The number of rotatable bonds is 3. The van der Waals surface area contributed by atoms with E-state index in [9.17, 15) is 0 Å². The second-order valence-electron chi connectivity index (χ2n) is 7.37. The Kier molecular flexibility index (Phi) is 4.48. The van der Waals surface area contributed by atoms with Crippen LogP contribution in [-0.2, 0) is 0 Å². The first-order valence-electron chi connectivity index (χ1n) is 7.46. The summed E-state index contributed by atoms with van der Waals surface area (Å²) in [4.78, 5) is 2.73. The molecule has 0 amide bonds. The van der Waals surface area contributed by atoms with Gasteiger partial charge in [-0.2, -0.15) is 0 Å². The summed E-state index contributed by atoms with van der Waals surface area (Å²) in [5.74, 6) is 1.92. The monoisotopic (exact) mass is 238 g/mol. The predicted molar refractivity (Wildman–Crippen MR) is 74.2 cm³/mol. The minimum Gasteiger partial charge on any atom is -0.317 e. The van der Waals surface area contributed by atoms with E-state index in [1.54, 1.807) is 0 Å². The number of hydrogen-bond acceptors (Lipinski definition) is 2. The first-order valence-corrected chi connectivity index (χ1v) is 7.46. The molecule has 0 aromatic heterocycles. The summed E-state index contributed by atoms with van der Waals surface area (Å²) in [6, 6.07) is 0. The van der Waals surface area contributed by atoms with Crippen LogP contribution in [0.4, 0.5) is 0 Å². The van der Waals surface area contributed by atoms with Gasteiger partial charge < -0.3 is 10.2 Å². The Balaban J connectivity index is 1.70. The molecule has 0 aliphatic carbocycles. The number of likely N-dealkylation sites (tertiary alicyclic amines) is 1. The van der Waals surface area contributed by atoms with Gasteiger partial charge in [-0.05, 0) is 62.6 Å². The van der Waals surface area contributed by atoms with Crippen molar-refractivity contribution in [2.24, 2.45) is 17.3 Å². The molecule has 0 aromatic carbocycles. The molecule has 1 atom stereocenters. The summed E-state index contributed by atoms with van der Waals surface area (Å²) in [5.41, 5.74) is 0.509. The van der Waals surface area contributed by atoms with Gasteiger partial charge in [-0.15, -0.1) is 0 Å². The summed E-state index contributed by atoms with van der Waals surface area (Å²) in [7, 11) is 0. The number of nitrogens with zero attached hydrogens (tertiary/aromatic N) is 1. The summed E-state index contributed by atoms with van der Waals surface area (Å²) in [6.07, 6.45) is 5.61. The Morgan fingerprint density at radius 2 is 1.76 bits per heavy atom. The van der Waals surface area contributed by atoms with E-state index in [0.717, 1.165) is 11.8 Å². The molecule has 17 heavy (non-hydrogen) atoms. The Morgan fingerprint density at radius 3 is 2.41 bits per heavy atom. The van der Waals surface area contributed by atoms with Crippen LogP contribution in [0.5, 0.6) is 0 Å². The molecule has 0 radical (unpaired) electrons. The van der Waals surface area contributed by atoms with E-state index in [2.05, 4.69) is 31.0 Å². The molecular weight excluding hydrogens is 208 g/mol. The van der Waals surface area contributed by atoms with Gasteiger partial charge in [0.15, 0.2) is 0 Å². The van der Waals surface area contributed by atoms with Gasteiger partial charge in [-0.3, -0.25) is 0 Å². The van der Waals surface area contributed by atoms with Crippen LogP contribution in [0.2, 0.25) is 0 Å². The predicted octanol–water partition coefficient (Wildman–Crippen LogP) is 2.74. The van der Waals surface area contributed by atoms with Crippen LogP contribution < -0.4 is 5.32 Å². The van der Waals surface area contributed by atoms with Gasteiger partial charge in [0.05, 0.1) is 0 Å². The molecule has 0 aromatic rings. The summed E-state index contributed by atoms with van der Waals surface area (Å²) in [5, 5.41) is 3.46. The lowest BCUT2D eigenvalue weighted by Crippen LogP contribution is -2.35. The van der Waals surface area contributed by atoms with Crippen LogP contribution in [-0.4, -0.2) is 37.6 Å². The molecule has 0 saturated carbocycles. The highest BCUT2D eigenvalue weighted by atomic mass is 15.1. The fraction of sp³-hybridized carbons (Fsp3) is 1.00. The normalized spacial score (nSPS) is 28.8. The molecule has 2 nitrogen and oxygen atoms in total. The van der Waals surface area contributed by atoms with Crippen molar-refractivity contribution >= 4 is 0 Å². The maximum Gasteiger partial charge on any atom is 0.00107 e. The Bertz CT molecular complexity index is 226. The van der Waals surface area contributed by atoms with Crippen molar-refractivity contribution in [1.29, 1.82) is 0 Å². The molecule has 2 rings (SSSR count). The minimum atomic E-state index is 0.509. The SMILES string of the molecule is CC(C)(C)CC1CCN(CC2CCNCC2)C1. The van der Waals surface area contributed by atoms with Crippen molar-refractivity contribution in [3.63, 3.8) is 0 Å². The van der Waals surface area contributed by atoms with Crippen LogP contribution in [0.25, 0.3) is 0 Å². The molecule has 0 bridgehead atoms. The van der Waals surface area contributed by atoms with E-state index in [1.807, 2.05) is 0 Å². The maximum atomic E-state index is 3.46. The van der Waals surface area contributed by atoms with Gasteiger partial charge in [0.2, 0.25) is 0 Å². The highest BCUT2D eigenvalue weighted by molar-refractivity contribution is 4.82. The molecule has 2 aliphatic heterocycles. The van der Waals surface area contributed by atoms with Crippen LogP contribution >= 0.6 is 0 Å². The second-order valence-corrected chi connectivity index (χ2v) is 7.37. The van der Waals surface area contributed by atoms with Gasteiger partial charge in [-0.25, -0.2) is 0 Å². The molecule has 2 heteroatoms. The van der Waals surface area contributed by atoms with Gasteiger partial charge in [0.1, 0.15) is 0 Å². The molecule has 100 valence electrons. The third-order valence-electron chi connectivity index (χ3n) is 4.25. The topological polar surface area (TPSA) is 15.3 Å². The molecular formula is C15H30N2. The quantitative estimate of drug-likeness (QED) is 0.813. The Hall–Kier alpha value is -0.0800. The van der Waals surface area contributed by atoms with Crippen molar-refractivity contribution in [3.05, 3.63) is 0 Å². The van der Waals surface area contributed by atoms with Crippen molar-refractivity contribution < 1.29 is 0 Å². The summed E-state index contributed by atoms with van der Waals surface area (Å²) >= 11 is 0. The van der Waals surface area contributed by atoms with E-state index < -0.39 is 0 Å². The van der Waals surface area contributed by atoms with E-state index >= 15 is 0 Å². The molecule has 2 aliphatic rings. The Morgan fingerprint density at radius 1 is 1.06 bits per heavy atom. The van der Waals surface area contributed by atoms with Crippen molar-refractivity contribution in [3.8, 4) is 0 Å². The van der Waals surface area contributed by atoms with Crippen LogP contribution in [0.1, 0.15) is 46.5 Å². The average Bonchev–Trinajstić information content (AvgIpc) is 2.64. The average molecular weight is 238 g/mol. The number of hydrogen-bond donors (Lipinski definition) is 1. The molecule has 1 N–H and O–H groups in total. The molecule has 2 fully saturated rings. The summed E-state index contributed by atoms with van der Waals surface area (Å²) in [6.45, 7) is 13.7. The molecule has 2 saturated heterocycles. The maximum absolute atomic E-state index is 3.46. The van der Waals surface area contributed by atoms with E-state index in [0.29, 0.717) is 5.41 Å². The van der Waals surface area contributed by atoms with Crippen LogP contribution in [0.3, 0.4) is 0 Å². The zero-order valence-corrected chi connectivity index (χ0v) is 12.0. The molecule has 0 spiro atoms. The van der Waals surface area contributed by atoms with E-state index in [1.165, 1.54) is 58.4 Å². The third-order valence-corrected chi connectivity index (χ3v) is 4.25. The molecule has 2 heterocycles. The highest BCUT2D eigenvalue weighted by Crippen LogP contribution is 2.31. The van der Waals surface area contributed by atoms with E-state index in [-0.39, 0.29) is 0 Å². The van der Waals surface area contributed by atoms with Gasteiger partial charge in [0, 0.05) is 13.1 Å². The van der Waals surface area contributed by atoms with Gasteiger partial charge in [0.25, 0.3) is 0 Å². The fourth-order valence-corrected chi connectivity index (χ4v) is 3.54. The van der Waals surface area contributed by atoms with Crippen molar-refractivity contribution in [2.75, 3.05) is 32.7 Å². The lowest BCUT2D eigenvalue weighted by atomic mass is 9.84. The zero-order chi connectivity index (χ0) is 12.3. The summed E-state index contributed by atoms with van der Waals surface area (Å²) < 4.78 is 0. The smallest absolute Gasteiger partial charge is 0.00107 e. The highest BCUT2D eigenvalue weighted by Gasteiger charge is 2.28. The lowest BCUT2D eigenvalue weighted by Gasteiger charge is -2.28. The first-order chi connectivity index (χ1) is 8.03. The Labute approximate surface area is 107 Å². The lowest BCUT2D eigenvalue weighted by molar-refractivity contribution is 0.223. The first kappa shape index (κ1) is 13.4. The zero-order valence-electron chi connectivity index (χ0n) is 12.0. The van der Waals surface area contributed by atoms with Crippen LogP contribution in [0, 0.1) is 17.3 Å². The van der Waals surface area contributed by atoms with E-state index in [4.69, 9.17) is 0 Å². The van der Waals surface area contributed by atoms with Gasteiger partial charge in [-0.1, -0.05) is 20.8 Å². The largest absolute Gasteiger partial charge is 0.317 e. The van der Waals surface area contributed by atoms with Crippen LogP contribution in [0.15, 0.2) is 0 Å².